The number of carbonyl (C=O) groups is 1. The molecule has 0 aliphatic carbocycles. The highest BCUT2D eigenvalue weighted by Gasteiger charge is 2.24. The van der Waals surface area contributed by atoms with E-state index in [4.69, 9.17) is 34.8 Å². The molecule has 1 aromatic carbocycles. The minimum Gasteiger partial charge on any atom is -0.367 e. The Morgan fingerprint density at radius 2 is 1.92 bits per heavy atom. The maximum Gasteiger partial charge on any atom is 0.319 e. The number of piperidine rings is 1. The van der Waals surface area contributed by atoms with Gasteiger partial charge in [-0.25, -0.2) is 9.18 Å². The molecule has 2 N–H and O–H groups in total. The van der Waals surface area contributed by atoms with Gasteiger partial charge in [-0.05, 0) is 31.0 Å². The number of nitrogens with zero attached hydrogens (tertiary/aromatic N) is 2. The lowest BCUT2D eigenvalue weighted by atomic mass is 10.1. The Kier molecular flexibility index (Phi) is 6.06. The fraction of sp³-hybridized carbons (Fsp3) is 0.294. The molecule has 0 bridgehead atoms. The molecule has 138 valence electrons. The molecular formula is C17H16Cl3FN4O. The van der Waals surface area contributed by atoms with Crippen LogP contribution in [-0.4, -0.2) is 30.1 Å². The van der Waals surface area contributed by atoms with E-state index in [9.17, 15) is 9.18 Å². The van der Waals surface area contributed by atoms with Crippen LogP contribution >= 0.6 is 34.8 Å². The average Bonchev–Trinajstić information content (AvgIpc) is 2.58. The van der Waals surface area contributed by atoms with Crippen molar-refractivity contribution >= 4 is 52.2 Å². The Balaban J connectivity index is 1.63. The van der Waals surface area contributed by atoms with Crippen molar-refractivity contribution in [1.29, 1.82) is 0 Å². The van der Waals surface area contributed by atoms with Gasteiger partial charge in [0.05, 0.1) is 20.8 Å². The van der Waals surface area contributed by atoms with Gasteiger partial charge in [-0.2, -0.15) is 0 Å². The Labute approximate surface area is 165 Å². The maximum atomic E-state index is 13.2. The third kappa shape index (κ3) is 4.50. The molecule has 0 unspecified atom stereocenters. The summed E-state index contributed by atoms with van der Waals surface area (Å²) in [6.45, 7) is 1.36. The third-order valence-corrected chi connectivity index (χ3v) is 4.92. The summed E-state index contributed by atoms with van der Waals surface area (Å²) in [5.41, 5.74) is 1.14. The Morgan fingerprint density at radius 1 is 1.19 bits per heavy atom. The van der Waals surface area contributed by atoms with Crippen LogP contribution < -0.4 is 15.5 Å². The van der Waals surface area contributed by atoms with Gasteiger partial charge in [0, 0.05) is 37.2 Å². The van der Waals surface area contributed by atoms with Gasteiger partial charge in [-0.15, -0.1) is 0 Å². The monoisotopic (exact) mass is 416 g/mol. The van der Waals surface area contributed by atoms with Crippen LogP contribution in [0.25, 0.3) is 0 Å². The molecule has 26 heavy (non-hydrogen) atoms. The van der Waals surface area contributed by atoms with E-state index in [1.165, 1.54) is 18.2 Å². The molecule has 2 amide bonds. The number of carbonyl (C=O) groups excluding carboxylic acids is 1. The highest BCUT2D eigenvalue weighted by Crippen LogP contribution is 2.34. The van der Waals surface area contributed by atoms with Gasteiger partial charge in [-0.3, -0.25) is 4.98 Å². The number of anilines is 2. The molecule has 1 aromatic heterocycles. The van der Waals surface area contributed by atoms with Gasteiger partial charge in [0.1, 0.15) is 5.82 Å². The Morgan fingerprint density at radius 3 is 2.62 bits per heavy atom. The lowest BCUT2D eigenvalue weighted by Gasteiger charge is -2.35. The molecule has 1 aliphatic rings. The first-order valence-corrected chi connectivity index (χ1v) is 9.14. The van der Waals surface area contributed by atoms with E-state index in [0.717, 1.165) is 25.1 Å². The number of amides is 2. The van der Waals surface area contributed by atoms with E-state index in [-0.39, 0.29) is 17.1 Å². The molecular weight excluding hydrogens is 402 g/mol. The molecule has 0 saturated carbocycles. The summed E-state index contributed by atoms with van der Waals surface area (Å²) in [4.78, 5) is 18.2. The molecule has 9 heteroatoms. The van der Waals surface area contributed by atoms with Crippen molar-refractivity contribution in [3.05, 3.63) is 51.5 Å². The molecule has 1 fully saturated rings. The minimum absolute atomic E-state index is 0.0476. The van der Waals surface area contributed by atoms with Crippen LogP contribution in [0.2, 0.25) is 15.1 Å². The summed E-state index contributed by atoms with van der Waals surface area (Å²) in [6, 6.07) is 3.55. The predicted molar refractivity (Wildman–Crippen MR) is 103 cm³/mol. The first kappa shape index (κ1) is 19.0. The second-order valence-electron chi connectivity index (χ2n) is 5.96. The third-order valence-electron chi connectivity index (χ3n) is 4.08. The van der Waals surface area contributed by atoms with Gasteiger partial charge in [-0.1, -0.05) is 34.8 Å². The molecule has 5 nitrogen and oxygen atoms in total. The zero-order valence-corrected chi connectivity index (χ0v) is 15.9. The van der Waals surface area contributed by atoms with E-state index < -0.39 is 5.82 Å². The van der Waals surface area contributed by atoms with Gasteiger partial charge in [0.15, 0.2) is 0 Å². The van der Waals surface area contributed by atoms with Crippen molar-refractivity contribution < 1.29 is 9.18 Å². The summed E-state index contributed by atoms with van der Waals surface area (Å²) in [5, 5.41) is 6.47. The number of rotatable bonds is 3. The quantitative estimate of drug-likeness (QED) is 0.741. The summed E-state index contributed by atoms with van der Waals surface area (Å²) in [6.07, 6.45) is 4.80. The van der Waals surface area contributed by atoms with Gasteiger partial charge in [0.25, 0.3) is 0 Å². The number of hydrogen-bond donors (Lipinski definition) is 2. The number of hydrogen-bond acceptors (Lipinski definition) is 3. The number of nitrogens with one attached hydrogen (secondary N) is 2. The van der Waals surface area contributed by atoms with Crippen LogP contribution in [0.1, 0.15) is 12.8 Å². The zero-order chi connectivity index (χ0) is 18.7. The highest BCUT2D eigenvalue weighted by molar-refractivity contribution is 6.38. The highest BCUT2D eigenvalue weighted by atomic mass is 35.5. The average molecular weight is 418 g/mol. The van der Waals surface area contributed by atoms with E-state index >= 15 is 0 Å². The van der Waals surface area contributed by atoms with Gasteiger partial charge >= 0.3 is 6.03 Å². The van der Waals surface area contributed by atoms with Gasteiger partial charge in [0.2, 0.25) is 0 Å². The number of benzene rings is 1. The first-order chi connectivity index (χ1) is 12.4. The SMILES string of the molecule is O=C(Nc1ccc(F)c(Cl)c1)N[C@H]1CCCN(c2c(Cl)cncc2Cl)C1. The van der Waals surface area contributed by atoms with E-state index in [1.54, 1.807) is 12.4 Å². The second kappa shape index (κ2) is 8.29. The fourth-order valence-corrected chi connectivity index (χ4v) is 3.72. The van der Waals surface area contributed by atoms with Crippen LogP contribution in [-0.2, 0) is 0 Å². The second-order valence-corrected chi connectivity index (χ2v) is 7.19. The Bertz CT molecular complexity index is 800. The van der Waals surface area contributed by atoms with Crippen LogP contribution in [0.5, 0.6) is 0 Å². The largest absolute Gasteiger partial charge is 0.367 e. The summed E-state index contributed by atoms with van der Waals surface area (Å²) < 4.78 is 13.2. The van der Waals surface area contributed by atoms with E-state index in [0.29, 0.717) is 22.3 Å². The van der Waals surface area contributed by atoms with Crippen LogP contribution in [0.4, 0.5) is 20.6 Å². The molecule has 3 rings (SSSR count). The van der Waals surface area contributed by atoms with Crippen molar-refractivity contribution in [2.24, 2.45) is 0 Å². The lowest BCUT2D eigenvalue weighted by Crippen LogP contribution is -2.49. The van der Waals surface area contributed by atoms with Crippen molar-refractivity contribution in [1.82, 2.24) is 10.3 Å². The van der Waals surface area contributed by atoms with E-state index in [1.807, 2.05) is 4.90 Å². The number of aromatic nitrogens is 1. The zero-order valence-electron chi connectivity index (χ0n) is 13.6. The minimum atomic E-state index is -0.536. The normalized spacial score (nSPS) is 17.1. The van der Waals surface area contributed by atoms with Crippen LogP contribution in [0.3, 0.4) is 0 Å². The van der Waals surface area contributed by atoms with Crippen LogP contribution in [0, 0.1) is 5.82 Å². The van der Waals surface area contributed by atoms with Crippen molar-refractivity contribution in [2.75, 3.05) is 23.3 Å². The smallest absolute Gasteiger partial charge is 0.319 e. The Hall–Kier alpha value is -1.76. The van der Waals surface area contributed by atoms with Crippen molar-refractivity contribution in [3.63, 3.8) is 0 Å². The van der Waals surface area contributed by atoms with Crippen molar-refractivity contribution in [2.45, 2.75) is 18.9 Å². The number of urea groups is 1. The number of pyridine rings is 1. The first-order valence-electron chi connectivity index (χ1n) is 8.00. The van der Waals surface area contributed by atoms with Crippen molar-refractivity contribution in [3.8, 4) is 0 Å². The topological polar surface area (TPSA) is 57.3 Å². The van der Waals surface area contributed by atoms with Crippen LogP contribution in [0.15, 0.2) is 30.6 Å². The van der Waals surface area contributed by atoms with Gasteiger partial charge < -0.3 is 15.5 Å². The summed E-state index contributed by atoms with van der Waals surface area (Å²) >= 11 is 18.2. The molecule has 0 spiro atoms. The predicted octanol–water partition coefficient (Wildman–Crippen LogP) is 4.97. The fourth-order valence-electron chi connectivity index (χ4n) is 2.93. The molecule has 2 heterocycles. The molecule has 0 radical (unpaired) electrons. The number of halogens is 4. The maximum absolute atomic E-state index is 13.2. The lowest BCUT2D eigenvalue weighted by molar-refractivity contribution is 0.246. The molecule has 1 atom stereocenters. The molecule has 2 aromatic rings. The summed E-state index contributed by atoms with van der Waals surface area (Å²) in [5.74, 6) is -0.536. The molecule has 1 aliphatic heterocycles. The molecule has 1 saturated heterocycles. The van der Waals surface area contributed by atoms with E-state index in [2.05, 4.69) is 15.6 Å². The standard InChI is InChI=1S/C17H16Cl3FN4O/c18-12-6-10(3-4-15(12)21)23-17(26)24-11-2-1-5-25(9-11)16-13(19)7-22-8-14(16)20/h3-4,6-8,11H,1-2,5,9H2,(H2,23,24,26)/t11-/m0/s1. The summed E-state index contributed by atoms with van der Waals surface area (Å²) in [7, 11) is 0.